The van der Waals surface area contributed by atoms with Gasteiger partial charge in [-0.25, -0.2) is 4.79 Å². The smallest absolute Gasteiger partial charge is 0.522 e. The fourth-order valence-corrected chi connectivity index (χ4v) is 3.44. The van der Waals surface area contributed by atoms with Gasteiger partial charge in [-0.15, -0.1) is 0 Å². The molecule has 0 spiro atoms. The van der Waals surface area contributed by atoms with Gasteiger partial charge in [0.1, 0.15) is 23.2 Å². The highest BCUT2D eigenvalue weighted by Crippen LogP contribution is 2.37. The summed E-state index contributed by atoms with van der Waals surface area (Å²) in [6.07, 6.45) is 0.998. The number of aromatic carboxylic acids is 1. The number of hydrogen-bond acceptors (Lipinski definition) is 7. The van der Waals surface area contributed by atoms with E-state index in [2.05, 4.69) is 0 Å². The van der Waals surface area contributed by atoms with Crippen LogP contribution in [0, 0.1) is 5.92 Å². The van der Waals surface area contributed by atoms with Crippen molar-refractivity contribution in [2.45, 2.75) is 31.7 Å². The van der Waals surface area contributed by atoms with Crippen molar-refractivity contribution in [2.75, 3.05) is 19.6 Å². The quantitative estimate of drug-likeness (QED) is 0.409. The lowest BCUT2D eigenvalue weighted by molar-refractivity contribution is -0.140. The third-order valence-electron chi connectivity index (χ3n) is 5.22. The van der Waals surface area contributed by atoms with E-state index in [1.807, 2.05) is 0 Å². The first-order chi connectivity index (χ1) is 13.8. The Morgan fingerprint density at radius 2 is 2.07 bits per heavy atom. The number of fused-ring (bicyclic) bond motifs is 1. The molecule has 10 nitrogen and oxygen atoms in total. The Kier molecular flexibility index (Phi) is 6.28. The summed E-state index contributed by atoms with van der Waals surface area (Å²) >= 11 is 0. The standard InChI is InChI=1S/C18H24BN3O7/c20-7-11(17(21)24)2-4-14(23)22-8-12(9-22)28-13-3-1-10-5-6-19(27)29-16(10)15(13)18(25)26/h1,3,11-12,27H,2,4-9,20H2,(H2,21,24)(H,25,26)/t11-/m0/s1. The number of likely N-dealkylation sites (tertiary alicyclic amines) is 1. The Balaban J connectivity index is 1.59. The number of aryl methyl sites for hydroxylation is 1. The fourth-order valence-electron chi connectivity index (χ4n) is 3.44. The van der Waals surface area contributed by atoms with Crippen molar-refractivity contribution in [3.8, 4) is 11.5 Å². The van der Waals surface area contributed by atoms with Gasteiger partial charge < -0.3 is 35.9 Å². The van der Waals surface area contributed by atoms with Gasteiger partial charge in [0.2, 0.25) is 11.8 Å². The van der Waals surface area contributed by atoms with Crippen molar-refractivity contribution < 1.29 is 33.9 Å². The molecule has 0 aromatic heterocycles. The average Bonchev–Trinajstić information content (AvgIpc) is 2.63. The van der Waals surface area contributed by atoms with Crippen LogP contribution in [0.25, 0.3) is 0 Å². The van der Waals surface area contributed by atoms with Crippen LogP contribution in [0.5, 0.6) is 11.5 Å². The van der Waals surface area contributed by atoms with Crippen molar-refractivity contribution in [3.63, 3.8) is 0 Å². The lowest BCUT2D eigenvalue weighted by Crippen LogP contribution is -2.56. The first kappa shape index (κ1) is 20.9. The second-order valence-corrected chi connectivity index (χ2v) is 7.26. The van der Waals surface area contributed by atoms with Crippen LogP contribution in [0.2, 0.25) is 6.32 Å². The summed E-state index contributed by atoms with van der Waals surface area (Å²) in [5.41, 5.74) is 11.3. The molecular weight excluding hydrogens is 381 g/mol. The summed E-state index contributed by atoms with van der Waals surface area (Å²) in [7, 11) is -1.05. The SMILES string of the molecule is NC[C@H](CCC(=O)N1CC(Oc2ccc3c(c2C(=O)O)OB(O)CC3)C1)C(N)=O. The summed E-state index contributed by atoms with van der Waals surface area (Å²) in [5.74, 6) is -2.14. The molecule has 1 saturated heterocycles. The number of rotatable bonds is 8. The molecule has 6 N–H and O–H groups in total. The van der Waals surface area contributed by atoms with Crippen LogP contribution in [-0.2, 0) is 16.0 Å². The van der Waals surface area contributed by atoms with Crippen LogP contribution in [0.1, 0.15) is 28.8 Å². The molecule has 29 heavy (non-hydrogen) atoms. The lowest BCUT2D eigenvalue weighted by Gasteiger charge is -2.39. The van der Waals surface area contributed by atoms with E-state index in [0.29, 0.717) is 37.8 Å². The van der Waals surface area contributed by atoms with Gasteiger partial charge in [0.25, 0.3) is 0 Å². The van der Waals surface area contributed by atoms with Crippen molar-refractivity contribution in [2.24, 2.45) is 17.4 Å². The molecule has 0 unspecified atom stereocenters. The van der Waals surface area contributed by atoms with Gasteiger partial charge >= 0.3 is 13.1 Å². The van der Waals surface area contributed by atoms with E-state index in [1.165, 1.54) is 0 Å². The fraction of sp³-hybridized carbons (Fsp3) is 0.500. The number of carbonyl (C=O) groups excluding carboxylic acids is 2. The van der Waals surface area contributed by atoms with E-state index in [1.54, 1.807) is 17.0 Å². The largest absolute Gasteiger partial charge is 0.535 e. The Hall–Kier alpha value is -2.79. The van der Waals surface area contributed by atoms with Crippen LogP contribution in [0.4, 0.5) is 0 Å². The minimum Gasteiger partial charge on any atom is -0.535 e. The zero-order valence-electron chi connectivity index (χ0n) is 15.9. The third-order valence-corrected chi connectivity index (χ3v) is 5.22. The highest BCUT2D eigenvalue weighted by molar-refractivity contribution is 6.44. The molecule has 0 aliphatic carbocycles. The number of nitrogens with zero attached hydrogens (tertiary/aromatic N) is 1. The Morgan fingerprint density at radius 1 is 1.34 bits per heavy atom. The summed E-state index contributed by atoms with van der Waals surface area (Å²) in [5, 5.41) is 19.3. The topological polar surface area (TPSA) is 165 Å². The molecule has 1 fully saturated rings. The first-order valence-electron chi connectivity index (χ1n) is 9.47. The molecule has 0 saturated carbocycles. The number of nitrogens with two attached hydrogens (primary N) is 2. The number of hydrogen-bond donors (Lipinski definition) is 4. The second kappa shape index (κ2) is 8.70. The van der Waals surface area contributed by atoms with E-state index in [-0.39, 0.29) is 42.0 Å². The number of carbonyl (C=O) groups is 3. The maximum absolute atomic E-state index is 12.2. The Morgan fingerprint density at radius 3 is 2.69 bits per heavy atom. The molecule has 2 aliphatic heterocycles. The van der Waals surface area contributed by atoms with Gasteiger partial charge in [-0.05, 0) is 30.8 Å². The molecule has 2 aliphatic rings. The zero-order chi connectivity index (χ0) is 21.1. The Labute approximate surface area is 167 Å². The number of carboxylic acids is 1. The lowest BCUT2D eigenvalue weighted by atomic mass is 9.78. The monoisotopic (exact) mass is 405 g/mol. The molecule has 1 atom stereocenters. The third kappa shape index (κ3) is 4.62. The molecule has 11 heteroatoms. The molecule has 3 rings (SSSR count). The summed E-state index contributed by atoms with van der Waals surface area (Å²) in [6.45, 7) is 0.714. The molecule has 0 radical (unpaired) electrons. The normalized spacial score (nSPS) is 17.0. The minimum atomic E-state index is -1.21. The molecule has 2 amide bonds. The van der Waals surface area contributed by atoms with Crippen LogP contribution >= 0.6 is 0 Å². The Bertz CT molecular complexity index is 813. The van der Waals surface area contributed by atoms with E-state index in [9.17, 15) is 24.5 Å². The zero-order valence-corrected chi connectivity index (χ0v) is 15.9. The van der Waals surface area contributed by atoms with Crippen molar-refractivity contribution in [3.05, 3.63) is 23.3 Å². The molecule has 156 valence electrons. The second-order valence-electron chi connectivity index (χ2n) is 7.26. The van der Waals surface area contributed by atoms with E-state index in [0.717, 1.165) is 0 Å². The van der Waals surface area contributed by atoms with Gasteiger partial charge in [-0.3, -0.25) is 9.59 Å². The maximum atomic E-state index is 12.2. The maximum Gasteiger partial charge on any atom is 0.522 e. The molecule has 1 aromatic carbocycles. The van der Waals surface area contributed by atoms with Crippen molar-refractivity contribution in [1.29, 1.82) is 0 Å². The van der Waals surface area contributed by atoms with E-state index in [4.69, 9.17) is 20.9 Å². The number of amides is 2. The van der Waals surface area contributed by atoms with Crippen LogP contribution in [0.3, 0.4) is 0 Å². The van der Waals surface area contributed by atoms with Crippen LogP contribution in [0.15, 0.2) is 12.1 Å². The van der Waals surface area contributed by atoms with Crippen molar-refractivity contribution in [1.82, 2.24) is 4.90 Å². The summed E-state index contributed by atoms with van der Waals surface area (Å²) < 4.78 is 11.1. The number of carboxylic acid groups (broad SMARTS) is 1. The first-order valence-corrected chi connectivity index (χ1v) is 9.47. The van der Waals surface area contributed by atoms with Gasteiger partial charge in [-0.1, -0.05) is 6.07 Å². The highest BCUT2D eigenvalue weighted by atomic mass is 16.5. The molecular formula is C18H24BN3O7. The van der Waals surface area contributed by atoms with Crippen LogP contribution in [-0.4, -0.2) is 65.7 Å². The minimum absolute atomic E-state index is 0.0986. The molecule has 0 bridgehead atoms. The summed E-state index contributed by atoms with van der Waals surface area (Å²) in [6, 6.07) is 3.30. The van der Waals surface area contributed by atoms with Gasteiger partial charge in [0.15, 0.2) is 0 Å². The van der Waals surface area contributed by atoms with Gasteiger partial charge in [-0.2, -0.15) is 0 Å². The van der Waals surface area contributed by atoms with Crippen molar-refractivity contribution >= 4 is 24.9 Å². The number of primary amides is 1. The van der Waals surface area contributed by atoms with E-state index < -0.39 is 24.9 Å². The highest BCUT2D eigenvalue weighted by Gasteiger charge is 2.35. The predicted molar refractivity (Wildman–Crippen MR) is 102 cm³/mol. The van der Waals surface area contributed by atoms with E-state index >= 15 is 0 Å². The average molecular weight is 405 g/mol. The molecule has 1 aromatic rings. The number of benzene rings is 1. The van der Waals surface area contributed by atoms with Gasteiger partial charge in [0, 0.05) is 13.0 Å². The van der Waals surface area contributed by atoms with Crippen LogP contribution < -0.4 is 20.9 Å². The van der Waals surface area contributed by atoms with Gasteiger partial charge in [0.05, 0.1) is 19.0 Å². The molecule has 2 heterocycles. The summed E-state index contributed by atoms with van der Waals surface area (Å²) in [4.78, 5) is 36.7. The number of ether oxygens (including phenoxy) is 1. The predicted octanol–water partition coefficient (Wildman–Crippen LogP) is -0.770.